The second-order valence-electron chi connectivity index (χ2n) is 3.52. The predicted octanol–water partition coefficient (Wildman–Crippen LogP) is 4.17. The third-order valence-electron chi connectivity index (χ3n) is 1.89. The largest absolute Gasteiger partial charge is 0.159 e. The van der Waals surface area contributed by atoms with Gasteiger partial charge in [-0.2, -0.15) is 11.8 Å². The number of halogens is 1. The smallest absolute Gasteiger partial charge is 0.0252 e. The van der Waals surface area contributed by atoms with Gasteiger partial charge in [0.25, 0.3) is 0 Å². The molecular weight excluding hydrogens is 188 g/mol. The van der Waals surface area contributed by atoms with E-state index >= 15 is 0 Å². The molecule has 0 N–H and O–H groups in total. The monoisotopic (exact) mass is 208 g/mol. The molecule has 0 spiro atoms. The zero-order valence-electron chi connectivity index (χ0n) is 8.48. The maximum absolute atomic E-state index is 5.85. The number of alkyl halides is 1. The molecule has 0 amide bonds. The Kier molecular flexibility index (Phi) is 8.69. The molecule has 0 bridgehead atoms. The summed E-state index contributed by atoms with van der Waals surface area (Å²) in [4.78, 5) is 0. The van der Waals surface area contributed by atoms with Crippen LogP contribution in [0.2, 0.25) is 0 Å². The molecular formula is C10H21ClS. The van der Waals surface area contributed by atoms with E-state index in [0.717, 1.165) is 17.0 Å². The first-order valence-electron chi connectivity index (χ1n) is 4.88. The molecule has 0 saturated carbocycles. The Morgan fingerprint density at radius 1 is 1.25 bits per heavy atom. The highest BCUT2D eigenvalue weighted by Gasteiger charge is 2.06. The molecule has 0 aliphatic heterocycles. The van der Waals surface area contributed by atoms with Crippen LogP contribution in [0.5, 0.6) is 0 Å². The zero-order chi connectivity index (χ0) is 9.40. The van der Waals surface area contributed by atoms with Crippen molar-refractivity contribution < 1.29 is 0 Å². The Hall–Kier alpha value is 0.640. The van der Waals surface area contributed by atoms with E-state index in [1.54, 1.807) is 0 Å². The van der Waals surface area contributed by atoms with Gasteiger partial charge in [-0.05, 0) is 29.8 Å². The Morgan fingerprint density at radius 2 is 1.92 bits per heavy atom. The first kappa shape index (κ1) is 12.6. The Morgan fingerprint density at radius 3 is 2.33 bits per heavy atom. The van der Waals surface area contributed by atoms with Gasteiger partial charge in [-0.1, -0.05) is 27.2 Å². The number of hydrogen-bond donors (Lipinski definition) is 0. The lowest BCUT2D eigenvalue weighted by atomic mass is 10.0. The van der Waals surface area contributed by atoms with E-state index in [2.05, 4.69) is 20.8 Å². The summed E-state index contributed by atoms with van der Waals surface area (Å²) in [6, 6.07) is 0. The van der Waals surface area contributed by atoms with E-state index in [9.17, 15) is 0 Å². The van der Waals surface area contributed by atoms with E-state index < -0.39 is 0 Å². The molecule has 74 valence electrons. The topological polar surface area (TPSA) is 0 Å². The normalized spacial score (nSPS) is 13.8. The van der Waals surface area contributed by atoms with Crippen LogP contribution in [0.3, 0.4) is 0 Å². The van der Waals surface area contributed by atoms with Crippen LogP contribution in [0, 0.1) is 5.92 Å². The molecule has 0 radical (unpaired) electrons. The van der Waals surface area contributed by atoms with Crippen molar-refractivity contribution in [1.82, 2.24) is 0 Å². The average Bonchev–Trinajstić information content (AvgIpc) is 2.02. The number of hydrogen-bond acceptors (Lipinski definition) is 1. The van der Waals surface area contributed by atoms with E-state index in [4.69, 9.17) is 11.6 Å². The van der Waals surface area contributed by atoms with Crippen LogP contribution in [0.4, 0.5) is 0 Å². The summed E-state index contributed by atoms with van der Waals surface area (Å²) in [5.41, 5.74) is 0. The minimum atomic E-state index is 0.753. The molecule has 0 aromatic carbocycles. The molecule has 0 aromatic rings. The minimum absolute atomic E-state index is 0.753. The molecule has 0 heterocycles. The Labute approximate surface area is 86.5 Å². The lowest BCUT2D eigenvalue weighted by Crippen LogP contribution is -2.04. The van der Waals surface area contributed by atoms with Crippen LogP contribution in [0.15, 0.2) is 0 Å². The van der Waals surface area contributed by atoms with Gasteiger partial charge in [0.1, 0.15) is 0 Å². The van der Waals surface area contributed by atoms with Gasteiger partial charge in [-0.3, -0.25) is 0 Å². The quantitative estimate of drug-likeness (QED) is 0.566. The van der Waals surface area contributed by atoms with Crippen molar-refractivity contribution in [2.75, 3.05) is 11.6 Å². The molecule has 1 unspecified atom stereocenters. The summed E-state index contributed by atoms with van der Waals surface area (Å²) in [5.74, 6) is 2.87. The first-order chi connectivity index (χ1) is 5.70. The number of thioether (sulfide) groups is 1. The summed E-state index contributed by atoms with van der Waals surface area (Å²) in [5, 5.41) is 0.766. The summed E-state index contributed by atoms with van der Waals surface area (Å²) >= 11 is 7.89. The first-order valence-corrected chi connectivity index (χ1v) is 6.46. The van der Waals surface area contributed by atoms with E-state index in [-0.39, 0.29) is 0 Å². The Balaban J connectivity index is 3.31. The average molecular weight is 209 g/mol. The fourth-order valence-electron chi connectivity index (χ4n) is 1.18. The maximum Gasteiger partial charge on any atom is 0.0252 e. The third kappa shape index (κ3) is 7.30. The minimum Gasteiger partial charge on any atom is -0.159 e. The van der Waals surface area contributed by atoms with Crippen LogP contribution < -0.4 is 0 Å². The second-order valence-corrected chi connectivity index (χ2v) is 5.51. The SMILES string of the molecule is CCCC(CCl)CCSC(C)C. The summed E-state index contributed by atoms with van der Waals surface area (Å²) in [6.45, 7) is 6.73. The molecule has 0 aromatic heterocycles. The summed E-state index contributed by atoms with van der Waals surface area (Å²) in [7, 11) is 0. The molecule has 0 aliphatic carbocycles. The second kappa shape index (κ2) is 8.25. The molecule has 0 nitrogen and oxygen atoms in total. The zero-order valence-corrected chi connectivity index (χ0v) is 10.0. The highest BCUT2D eigenvalue weighted by Crippen LogP contribution is 2.18. The maximum atomic E-state index is 5.85. The lowest BCUT2D eigenvalue weighted by Gasteiger charge is -2.12. The molecule has 0 aliphatic rings. The van der Waals surface area contributed by atoms with E-state index in [1.165, 1.54) is 25.0 Å². The molecule has 2 heteroatoms. The highest BCUT2D eigenvalue weighted by molar-refractivity contribution is 7.99. The van der Waals surface area contributed by atoms with Crippen molar-refractivity contribution in [2.45, 2.75) is 45.3 Å². The fraction of sp³-hybridized carbons (Fsp3) is 1.00. The summed E-state index contributed by atoms with van der Waals surface area (Å²) < 4.78 is 0. The van der Waals surface area contributed by atoms with E-state index in [1.807, 2.05) is 11.8 Å². The molecule has 0 fully saturated rings. The van der Waals surface area contributed by atoms with Crippen molar-refractivity contribution in [3.63, 3.8) is 0 Å². The van der Waals surface area contributed by atoms with Crippen molar-refractivity contribution >= 4 is 23.4 Å². The van der Waals surface area contributed by atoms with Crippen LogP contribution in [0.25, 0.3) is 0 Å². The van der Waals surface area contributed by atoms with Crippen LogP contribution in [0.1, 0.15) is 40.0 Å². The van der Waals surface area contributed by atoms with Gasteiger partial charge in [-0.15, -0.1) is 11.6 Å². The van der Waals surface area contributed by atoms with Crippen molar-refractivity contribution in [3.05, 3.63) is 0 Å². The molecule has 0 saturated heterocycles. The van der Waals surface area contributed by atoms with Crippen LogP contribution in [-0.4, -0.2) is 16.9 Å². The number of rotatable bonds is 7. The van der Waals surface area contributed by atoms with Crippen molar-refractivity contribution in [3.8, 4) is 0 Å². The van der Waals surface area contributed by atoms with Gasteiger partial charge in [0.15, 0.2) is 0 Å². The highest BCUT2D eigenvalue weighted by atomic mass is 35.5. The van der Waals surface area contributed by atoms with Gasteiger partial charge in [0.05, 0.1) is 0 Å². The van der Waals surface area contributed by atoms with Gasteiger partial charge in [0.2, 0.25) is 0 Å². The van der Waals surface area contributed by atoms with Crippen molar-refractivity contribution in [1.29, 1.82) is 0 Å². The van der Waals surface area contributed by atoms with Gasteiger partial charge in [0, 0.05) is 5.88 Å². The standard InChI is InChI=1S/C10H21ClS/c1-4-5-10(8-11)6-7-12-9(2)3/h9-10H,4-8H2,1-3H3. The molecule has 0 rings (SSSR count). The van der Waals surface area contributed by atoms with Gasteiger partial charge in [-0.25, -0.2) is 0 Å². The third-order valence-corrected chi connectivity index (χ3v) is 3.47. The molecule has 1 atom stereocenters. The predicted molar refractivity (Wildman–Crippen MR) is 61.3 cm³/mol. The van der Waals surface area contributed by atoms with Gasteiger partial charge < -0.3 is 0 Å². The Bertz CT molecular complexity index is 93.8. The van der Waals surface area contributed by atoms with E-state index in [0.29, 0.717) is 0 Å². The lowest BCUT2D eigenvalue weighted by molar-refractivity contribution is 0.518. The van der Waals surface area contributed by atoms with Gasteiger partial charge >= 0.3 is 0 Å². The fourth-order valence-corrected chi connectivity index (χ4v) is 2.43. The summed E-state index contributed by atoms with van der Waals surface area (Å²) in [6.07, 6.45) is 3.85. The van der Waals surface area contributed by atoms with Crippen molar-refractivity contribution in [2.24, 2.45) is 5.92 Å². The molecule has 12 heavy (non-hydrogen) atoms. The van der Waals surface area contributed by atoms with Crippen LogP contribution >= 0.6 is 23.4 Å². The van der Waals surface area contributed by atoms with Crippen LogP contribution in [-0.2, 0) is 0 Å².